The standard InChI is InChI=1S/C18H3ClO/c1-2-3-4-5-6-7-8-9-10-11-12-13-14-15-16-17-18(19)20/h1H3. The average molecular weight is 271 g/mol. The average Bonchev–Trinajstić information content (AvgIpc) is 2.43. The first-order valence-corrected chi connectivity index (χ1v) is 5.27. The molecule has 0 rings (SSSR count). The maximum atomic E-state index is 10.2. The Morgan fingerprint density at radius 3 is 1.20 bits per heavy atom. The van der Waals surface area contributed by atoms with Crippen molar-refractivity contribution in [2.75, 3.05) is 0 Å². The first kappa shape index (κ1) is 16.4. The summed E-state index contributed by atoms with van der Waals surface area (Å²) in [5, 5.41) is -0.769. The zero-order chi connectivity index (χ0) is 14.9. The lowest BCUT2D eigenvalue weighted by Gasteiger charge is -1.60. The molecule has 0 aliphatic rings. The fraction of sp³-hybridized carbons (Fsp3) is 0.0556. The van der Waals surface area contributed by atoms with Gasteiger partial charge in [-0.3, -0.25) is 4.79 Å². The molecule has 0 fully saturated rings. The quantitative estimate of drug-likeness (QED) is 0.470. The van der Waals surface area contributed by atoms with Gasteiger partial charge in [-0.05, 0) is 101 Å². The van der Waals surface area contributed by atoms with Gasteiger partial charge in [0.1, 0.15) is 0 Å². The molecule has 0 amide bonds. The molecule has 1 nitrogen and oxygen atoms in total. The minimum Gasteiger partial charge on any atom is -0.266 e. The van der Waals surface area contributed by atoms with Gasteiger partial charge in [-0.1, -0.05) is 5.92 Å². The van der Waals surface area contributed by atoms with Gasteiger partial charge in [0.2, 0.25) is 0 Å². The van der Waals surface area contributed by atoms with Crippen LogP contribution in [0.15, 0.2) is 0 Å². The zero-order valence-electron chi connectivity index (χ0n) is 10.3. The fourth-order valence-corrected chi connectivity index (χ4v) is 0.565. The molecular formula is C18H3ClO. The van der Waals surface area contributed by atoms with Gasteiger partial charge in [-0.15, -0.1) is 0 Å². The lowest BCUT2D eigenvalue weighted by atomic mass is 10.5. The number of hydrogen-bond donors (Lipinski definition) is 0. The molecule has 0 saturated carbocycles. The Morgan fingerprint density at radius 2 is 0.900 bits per heavy atom. The summed E-state index contributed by atoms with van der Waals surface area (Å²) in [7, 11) is 0. The molecule has 0 radical (unpaired) electrons. The molecule has 0 heterocycles. The van der Waals surface area contributed by atoms with Crippen molar-refractivity contribution in [1.82, 2.24) is 0 Å². The highest BCUT2D eigenvalue weighted by molar-refractivity contribution is 6.68. The van der Waals surface area contributed by atoms with Gasteiger partial charge >= 0.3 is 0 Å². The van der Waals surface area contributed by atoms with Crippen LogP contribution in [-0.4, -0.2) is 5.24 Å². The van der Waals surface area contributed by atoms with Gasteiger partial charge < -0.3 is 0 Å². The predicted molar refractivity (Wildman–Crippen MR) is 78.7 cm³/mol. The van der Waals surface area contributed by atoms with Gasteiger partial charge in [0.05, 0.1) is 0 Å². The lowest BCUT2D eigenvalue weighted by molar-refractivity contribution is -0.106. The summed E-state index contributed by atoms with van der Waals surface area (Å²) >= 11 is 4.96. The molecule has 0 aromatic carbocycles. The smallest absolute Gasteiger partial charge is 0.266 e. The Kier molecular flexibility index (Phi) is 11.1. The zero-order valence-corrected chi connectivity index (χ0v) is 11.0. The third kappa shape index (κ3) is 14.4. The van der Waals surface area contributed by atoms with Crippen LogP contribution in [0.4, 0.5) is 0 Å². The van der Waals surface area contributed by atoms with Gasteiger partial charge in [0, 0.05) is 5.92 Å². The normalized spacial score (nSPS) is 4.50. The summed E-state index contributed by atoms with van der Waals surface area (Å²) in [5.74, 6) is 38.7. The van der Waals surface area contributed by atoms with Crippen molar-refractivity contribution >= 4 is 16.8 Å². The molecule has 20 heavy (non-hydrogen) atoms. The van der Waals surface area contributed by atoms with Gasteiger partial charge in [-0.2, -0.15) is 0 Å². The van der Waals surface area contributed by atoms with Crippen LogP contribution >= 0.6 is 11.6 Å². The van der Waals surface area contributed by atoms with Crippen molar-refractivity contribution in [3.8, 4) is 94.7 Å². The van der Waals surface area contributed by atoms with E-state index in [0.29, 0.717) is 0 Å². The van der Waals surface area contributed by atoms with E-state index in [4.69, 9.17) is 11.6 Å². The third-order valence-corrected chi connectivity index (χ3v) is 1.19. The van der Waals surface area contributed by atoms with Gasteiger partial charge in [-0.25, -0.2) is 0 Å². The van der Waals surface area contributed by atoms with Crippen molar-refractivity contribution in [2.45, 2.75) is 6.92 Å². The Balaban J connectivity index is 4.34. The second-order valence-corrected chi connectivity index (χ2v) is 2.74. The summed E-state index contributed by atoms with van der Waals surface area (Å²) in [4.78, 5) is 10.2. The molecule has 0 unspecified atom stereocenters. The molecule has 0 aromatic heterocycles. The van der Waals surface area contributed by atoms with Crippen molar-refractivity contribution in [2.24, 2.45) is 0 Å². The molecule has 88 valence electrons. The van der Waals surface area contributed by atoms with Crippen LogP contribution < -0.4 is 0 Å². The second-order valence-electron chi connectivity index (χ2n) is 2.40. The second kappa shape index (κ2) is 13.5. The van der Waals surface area contributed by atoms with Gasteiger partial charge in [0.15, 0.2) is 0 Å². The van der Waals surface area contributed by atoms with E-state index in [-0.39, 0.29) is 0 Å². The van der Waals surface area contributed by atoms with Gasteiger partial charge in [0.25, 0.3) is 5.24 Å². The molecule has 0 aromatic rings. The fourth-order valence-electron chi connectivity index (χ4n) is 0.518. The summed E-state index contributed by atoms with van der Waals surface area (Å²) < 4.78 is 0. The molecule has 0 spiro atoms. The van der Waals surface area contributed by atoms with Crippen LogP contribution in [-0.2, 0) is 4.79 Å². The Morgan fingerprint density at radius 1 is 0.600 bits per heavy atom. The van der Waals surface area contributed by atoms with Crippen LogP contribution in [0.1, 0.15) is 6.92 Å². The molecule has 0 aliphatic heterocycles. The van der Waals surface area contributed by atoms with E-state index in [1.54, 1.807) is 6.92 Å². The molecular weight excluding hydrogens is 268 g/mol. The van der Waals surface area contributed by atoms with E-state index in [1.807, 2.05) is 5.92 Å². The lowest BCUT2D eigenvalue weighted by Crippen LogP contribution is -1.72. The van der Waals surface area contributed by atoms with Crippen molar-refractivity contribution in [3.63, 3.8) is 0 Å². The topological polar surface area (TPSA) is 17.1 Å². The van der Waals surface area contributed by atoms with Crippen LogP contribution in [0.2, 0.25) is 0 Å². The highest BCUT2D eigenvalue weighted by Crippen LogP contribution is 1.71. The summed E-state index contributed by atoms with van der Waals surface area (Å²) in [6.07, 6.45) is 0. The Hall–Kier alpha value is -3.56. The van der Waals surface area contributed by atoms with Crippen LogP contribution in [0.5, 0.6) is 0 Å². The highest BCUT2D eigenvalue weighted by Gasteiger charge is 1.78. The van der Waals surface area contributed by atoms with E-state index in [1.165, 1.54) is 0 Å². The molecule has 0 atom stereocenters. The Bertz CT molecular complexity index is 874. The highest BCUT2D eigenvalue weighted by atomic mass is 35.5. The van der Waals surface area contributed by atoms with Crippen LogP contribution in [0.3, 0.4) is 0 Å². The maximum Gasteiger partial charge on any atom is 0.297 e. The molecule has 2 heteroatoms. The maximum absolute atomic E-state index is 10.2. The Labute approximate surface area is 123 Å². The van der Waals surface area contributed by atoms with E-state index < -0.39 is 5.24 Å². The molecule has 0 N–H and O–H groups in total. The number of carbonyl (C=O) groups is 1. The van der Waals surface area contributed by atoms with Crippen molar-refractivity contribution in [3.05, 3.63) is 0 Å². The van der Waals surface area contributed by atoms with Crippen molar-refractivity contribution < 1.29 is 4.79 Å². The third-order valence-electron chi connectivity index (χ3n) is 1.10. The van der Waals surface area contributed by atoms with E-state index >= 15 is 0 Å². The minimum absolute atomic E-state index is 0.769. The van der Waals surface area contributed by atoms with E-state index in [9.17, 15) is 4.79 Å². The monoisotopic (exact) mass is 270 g/mol. The molecule has 0 saturated heterocycles. The SMILES string of the molecule is CC#CC#CC#CC#CC#CC#CC#CC#CC(=O)Cl. The van der Waals surface area contributed by atoms with E-state index in [0.717, 1.165) is 0 Å². The van der Waals surface area contributed by atoms with Crippen LogP contribution in [0.25, 0.3) is 0 Å². The first-order valence-electron chi connectivity index (χ1n) is 4.89. The molecule has 0 aliphatic carbocycles. The largest absolute Gasteiger partial charge is 0.297 e. The summed E-state index contributed by atoms with van der Waals surface area (Å²) in [6, 6.07) is 0. The minimum atomic E-state index is -0.769. The van der Waals surface area contributed by atoms with Crippen LogP contribution in [0, 0.1) is 94.7 Å². The molecule has 0 bridgehead atoms. The number of halogens is 1. The number of rotatable bonds is 0. The predicted octanol–water partition coefficient (Wildman–Crippen LogP) is 0.799. The number of carbonyl (C=O) groups excluding carboxylic acids is 1. The van der Waals surface area contributed by atoms with Crippen molar-refractivity contribution in [1.29, 1.82) is 0 Å². The summed E-state index contributed by atoms with van der Waals surface area (Å²) in [6.45, 7) is 1.69. The van der Waals surface area contributed by atoms with E-state index in [2.05, 4.69) is 88.8 Å². The first-order chi connectivity index (χ1) is 9.77. The summed E-state index contributed by atoms with van der Waals surface area (Å²) in [5.41, 5.74) is 0. The number of hydrogen-bond acceptors (Lipinski definition) is 1.